The molecule has 0 fully saturated rings. The topological polar surface area (TPSA) is 61.8 Å². The molecule has 0 saturated carbocycles. The molecular formula is C14H11BrCl2N4O2. The van der Waals surface area contributed by atoms with Gasteiger partial charge < -0.3 is 4.57 Å². The second kappa shape index (κ2) is 5.81. The first-order valence-corrected chi connectivity index (χ1v) is 8.12. The fraction of sp³-hybridized carbons (Fsp3) is 0.214. The van der Waals surface area contributed by atoms with Gasteiger partial charge in [0.15, 0.2) is 15.9 Å². The summed E-state index contributed by atoms with van der Waals surface area (Å²) in [6, 6.07) is 5.20. The molecule has 0 bridgehead atoms. The molecule has 3 rings (SSSR count). The Balaban J connectivity index is 2.33. The molecule has 6 nitrogen and oxygen atoms in total. The summed E-state index contributed by atoms with van der Waals surface area (Å²) < 4.78 is 4.43. The number of hydrogen-bond acceptors (Lipinski definition) is 3. The van der Waals surface area contributed by atoms with Crippen LogP contribution in [0.2, 0.25) is 10.0 Å². The van der Waals surface area contributed by atoms with Crippen LogP contribution in [0, 0.1) is 0 Å². The van der Waals surface area contributed by atoms with Gasteiger partial charge in [0.05, 0.1) is 6.54 Å². The van der Waals surface area contributed by atoms with Crippen LogP contribution >= 0.6 is 39.1 Å². The third kappa shape index (κ3) is 2.52. The van der Waals surface area contributed by atoms with Gasteiger partial charge in [0.25, 0.3) is 5.56 Å². The van der Waals surface area contributed by atoms with Crippen molar-refractivity contribution in [1.82, 2.24) is 18.7 Å². The van der Waals surface area contributed by atoms with E-state index in [1.54, 1.807) is 29.8 Å². The maximum Gasteiger partial charge on any atom is 0.332 e. The minimum absolute atomic E-state index is 0.253. The zero-order valence-corrected chi connectivity index (χ0v) is 15.3. The standard InChI is InChI=1S/C14H11BrCl2N4O2/c1-19-11-10(12(22)20(2)14(19)23)21(13(15)18-11)6-7-8(16)4-3-5-9(7)17/h3-5H,6H2,1-2H3. The summed E-state index contributed by atoms with van der Waals surface area (Å²) in [7, 11) is 2.99. The van der Waals surface area contributed by atoms with Crippen LogP contribution in [-0.4, -0.2) is 18.7 Å². The first-order chi connectivity index (χ1) is 10.8. The third-order valence-corrected chi connectivity index (χ3v) is 4.99. The van der Waals surface area contributed by atoms with Crippen molar-refractivity contribution >= 4 is 50.3 Å². The van der Waals surface area contributed by atoms with Crippen LogP contribution in [0.3, 0.4) is 0 Å². The zero-order chi connectivity index (χ0) is 16.9. The molecule has 3 aromatic rings. The van der Waals surface area contributed by atoms with Crippen molar-refractivity contribution in [3.05, 3.63) is 59.4 Å². The molecule has 1 aromatic carbocycles. The fourth-order valence-corrected chi connectivity index (χ4v) is 3.39. The maximum absolute atomic E-state index is 12.5. The molecule has 0 aliphatic carbocycles. The predicted octanol–water partition coefficient (Wildman–Crippen LogP) is 2.55. The van der Waals surface area contributed by atoms with Crippen LogP contribution in [0.5, 0.6) is 0 Å². The van der Waals surface area contributed by atoms with Gasteiger partial charge in [-0.25, -0.2) is 9.78 Å². The lowest BCUT2D eigenvalue weighted by molar-refractivity contribution is 0.702. The second-order valence-corrected chi connectivity index (χ2v) is 6.57. The number of aryl methyl sites for hydroxylation is 1. The first-order valence-electron chi connectivity index (χ1n) is 6.57. The Hall–Kier alpha value is -1.57. The molecular weight excluding hydrogens is 407 g/mol. The molecule has 2 aromatic heterocycles. The SMILES string of the molecule is Cn1c(=O)c2c(nc(Br)n2Cc2c(Cl)cccc2Cl)n(C)c1=O. The highest BCUT2D eigenvalue weighted by molar-refractivity contribution is 9.10. The van der Waals surface area contributed by atoms with Gasteiger partial charge in [-0.1, -0.05) is 29.3 Å². The van der Waals surface area contributed by atoms with Crippen LogP contribution in [0.15, 0.2) is 32.5 Å². The number of rotatable bonds is 2. The number of aromatic nitrogens is 4. The van der Waals surface area contributed by atoms with E-state index in [1.165, 1.54) is 11.6 Å². The minimum atomic E-state index is -0.435. The average molecular weight is 418 g/mol. The normalized spacial score (nSPS) is 11.3. The van der Waals surface area contributed by atoms with Gasteiger partial charge in [-0.2, -0.15) is 0 Å². The molecule has 9 heteroatoms. The lowest BCUT2D eigenvalue weighted by Crippen LogP contribution is -2.37. The molecule has 0 amide bonds. The molecule has 0 atom stereocenters. The summed E-state index contributed by atoms with van der Waals surface area (Å²) in [4.78, 5) is 28.8. The van der Waals surface area contributed by atoms with Crippen molar-refractivity contribution in [2.75, 3.05) is 0 Å². The minimum Gasteiger partial charge on any atom is -0.308 e. The number of halogens is 3. The van der Waals surface area contributed by atoms with E-state index >= 15 is 0 Å². The van der Waals surface area contributed by atoms with Crippen molar-refractivity contribution in [3.63, 3.8) is 0 Å². The molecule has 0 aliphatic heterocycles. The second-order valence-electron chi connectivity index (χ2n) is 5.05. The molecule has 0 radical (unpaired) electrons. The Kier molecular flexibility index (Phi) is 4.12. The van der Waals surface area contributed by atoms with Crippen LogP contribution < -0.4 is 11.2 Å². The van der Waals surface area contributed by atoms with E-state index in [0.29, 0.717) is 31.5 Å². The summed E-state index contributed by atoms with van der Waals surface area (Å²) in [5, 5.41) is 0.987. The number of nitrogens with zero attached hydrogens (tertiary/aromatic N) is 4. The summed E-state index contributed by atoms with van der Waals surface area (Å²) in [5.41, 5.74) is 0.414. The van der Waals surface area contributed by atoms with E-state index in [2.05, 4.69) is 20.9 Å². The predicted molar refractivity (Wildman–Crippen MR) is 93.5 cm³/mol. The van der Waals surface area contributed by atoms with Crippen LogP contribution in [0.25, 0.3) is 11.2 Å². The quantitative estimate of drug-likeness (QED) is 0.602. The number of fused-ring (bicyclic) bond motifs is 1. The van der Waals surface area contributed by atoms with E-state index in [0.717, 1.165) is 4.57 Å². The van der Waals surface area contributed by atoms with E-state index in [1.807, 2.05) is 0 Å². The van der Waals surface area contributed by atoms with Gasteiger partial charge in [-0.3, -0.25) is 13.9 Å². The van der Waals surface area contributed by atoms with Crippen LogP contribution in [0.4, 0.5) is 0 Å². The van der Waals surface area contributed by atoms with Crippen molar-refractivity contribution < 1.29 is 0 Å². The highest BCUT2D eigenvalue weighted by atomic mass is 79.9. The van der Waals surface area contributed by atoms with Gasteiger partial charge >= 0.3 is 5.69 Å². The Morgan fingerprint density at radius 1 is 1.13 bits per heavy atom. The molecule has 120 valence electrons. The Morgan fingerprint density at radius 2 is 1.74 bits per heavy atom. The van der Waals surface area contributed by atoms with Crippen molar-refractivity contribution in [3.8, 4) is 0 Å². The maximum atomic E-state index is 12.5. The van der Waals surface area contributed by atoms with E-state index in [9.17, 15) is 9.59 Å². The highest BCUT2D eigenvalue weighted by Crippen LogP contribution is 2.27. The van der Waals surface area contributed by atoms with Gasteiger partial charge in [-0.15, -0.1) is 0 Å². The number of imidazole rings is 1. The lowest BCUT2D eigenvalue weighted by atomic mass is 10.2. The summed E-state index contributed by atoms with van der Waals surface area (Å²) in [5.74, 6) is 0. The molecule has 0 spiro atoms. The monoisotopic (exact) mass is 416 g/mol. The lowest BCUT2D eigenvalue weighted by Gasteiger charge is -2.10. The third-order valence-electron chi connectivity index (χ3n) is 3.68. The van der Waals surface area contributed by atoms with E-state index in [4.69, 9.17) is 23.2 Å². The van der Waals surface area contributed by atoms with Gasteiger partial charge in [0.1, 0.15) is 0 Å². The largest absolute Gasteiger partial charge is 0.332 e. The van der Waals surface area contributed by atoms with E-state index in [-0.39, 0.29) is 6.54 Å². The first kappa shape index (κ1) is 16.3. The Morgan fingerprint density at radius 3 is 2.35 bits per heavy atom. The molecule has 0 unspecified atom stereocenters. The Labute approximate surface area is 149 Å². The smallest absolute Gasteiger partial charge is 0.308 e. The van der Waals surface area contributed by atoms with E-state index < -0.39 is 11.2 Å². The number of hydrogen-bond donors (Lipinski definition) is 0. The average Bonchev–Trinajstić information content (AvgIpc) is 2.84. The molecule has 0 aliphatic rings. The van der Waals surface area contributed by atoms with Crippen LogP contribution in [0.1, 0.15) is 5.56 Å². The summed E-state index contributed by atoms with van der Waals surface area (Å²) in [6.07, 6.45) is 0. The van der Waals surface area contributed by atoms with Gasteiger partial charge in [0.2, 0.25) is 0 Å². The fourth-order valence-electron chi connectivity index (χ4n) is 2.41. The summed E-state index contributed by atoms with van der Waals surface area (Å²) in [6.45, 7) is 0.253. The highest BCUT2D eigenvalue weighted by Gasteiger charge is 2.19. The van der Waals surface area contributed by atoms with Crippen molar-refractivity contribution in [2.24, 2.45) is 14.1 Å². The molecule has 0 saturated heterocycles. The van der Waals surface area contributed by atoms with Gasteiger partial charge in [0, 0.05) is 29.7 Å². The molecule has 0 N–H and O–H groups in total. The molecule has 23 heavy (non-hydrogen) atoms. The zero-order valence-electron chi connectivity index (χ0n) is 12.2. The summed E-state index contributed by atoms with van der Waals surface area (Å²) >= 11 is 15.7. The van der Waals surface area contributed by atoms with Crippen LogP contribution in [-0.2, 0) is 20.6 Å². The van der Waals surface area contributed by atoms with Crippen molar-refractivity contribution in [1.29, 1.82) is 0 Å². The molecule has 2 heterocycles. The Bertz CT molecular complexity index is 1030. The van der Waals surface area contributed by atoms with Gasteiger partial charge in [-0.05, 0) is 28.1 Å². The van der Waals surface area contributed by atoms with Crippen molar-refractivity contribution in [2.45, 2.75) is 6.54 Å². The number of benzene rings is 1.